The van der Waals surface area contributed by atoms with Gasteiger partial charge in [-0.3, -0.25) is 4.90 Å². The lowest BCUT2D eigenvalue weighted by Gasteiger charge is -2.22. The zero-order chi connectivity index (χ0) is 14.9. The Morgan fingerprint density at radius 1 is 1.18 bits per heavy atom. The largest absolute Gasteiger partial charge is 0.444 e. The van der Waals surface area contributed by atoms with Crippen molar-refractivity contribution in [1.29, 1.82) is 0 Å². The van der Waals surface area contributed by atoms with E-state index >= 15 is 0 Å². The Kier molecular flexibility index (Phi) is 3.72. The van der Waals surface area contributed by atoms with Crippen LogP contribution in [0.15, 0.2) is 34.9 Å². The molecule has 3 heterocycles. The van der Waals surface area contributed by atoms with Gasteiger partial charge in [-0.2, -0.15) is 0 Å². The summed E-state index contributed by atoms with van der Waals surface area (Å²) < 4.78 is 5.67. The number of hydrogen-bond acceptors (Lipinski definition) is 4. The minimum absolute atomic E-state index is 0.663. The zero-order valence-corrected chi connectivity index (χ0v) is 13.1. The quantitative estimate of drug-likeness (QED) is 0.945. The molecular formula is C18H23N3O. The molecule has 2 unspecified atom stereocenters. The van der Waals surface area contributed by atoms with Crippen LogP contribution in [0.2, 0.25) is 0 Å². The number of nitrogens with zero attached hydrogens (tertiary/aromatic N) is 2. The minimum Gasteiger partial charge on any atom is -0.444 e. The van der Waals surface area contributed by atoms with Crippen molar-refractivity contribution < 1.29 is 4.42 Å². The van der Waals surface area contributed by atoms with E-state index in [0.717, 1.165) is 42.8 Å². The summed E-state index contributed by atoms with van der Waals surface area (Å²) in [6.07, 6.45) is 5.72. The van der Waals surface area contributed by atoms with Gasteiger partial charge >= 0.3 is 0 Å². The maximum absolute atomic E-state index is 5.67. The smallest absolute Gasteiger partial charge is 0.226 e. The van der Waals surface area contributed by atoms with E-state index in [2.05, 4.69) is 46.4 Å². The fourth-order valence-corrected chi connectivity index (χ4v) is 3.60. The van der Waals surface area contributed by atoms with Crippen molar-refractivity contribution in [3.8, 4) is 11.5 Å². The zero-order valence-electron chi connectivity index (χ0n) is 13.1. The van der Waals surface area contributed by atoms with Gasteiger partial charge in [0.1, 0.15) is 6.26 Å². The molecule has 2 aliphatic rings. The minimum atomic E-state index is 0.663. The molecule has 2 atom stereocenters. The lowest BCUT2D eigenvalue weighted by Crippen LogP contribution is -2.35. The fourth-order valence-electron chi connectivity index (χ4n) is 3.60. The van der Waals surface area contributed by atoms with E-state index in [-0.39, 0.29) is 0 Å². The van der Waals surface area contributed by atoms with Gasteiger partial charge in [0.2, 0.25) is 5.89 Å². The molecule has 22 heavy (non-hydrogen) atoms. The highest BCUT2D eigenvalue weighted by molar-refractivity contribution is 5.53. The highest BCUT2D eigenvalue weighted by atomic mass is 16.3. The summed E-state index contributed by atoms with van der Waals surface area (Å²) in [6.45, 7) is 5.26. The Labute approximate surface area is 131 Å². The molecule has 0 saturated carbocycles. The van der Waals surface area contributed by atoms with Crippen LogP contribution in [0, 0.1) is 6.92 Å². The van der Waals surface area contributed by atoms with Crippen molar-refractivity contribution in [2.24, 2.45) is 0 Å². The Morgan fingerprint density at radius 2 is 2.00 bits per heavy atom. The summed E-state index contributed by atoms with van der Waals surface area (Å²) in [5.74, 6) is 0.726. The van der Waals surface area contributed by atoms with E-state index in [1.807, 2.05) is 6.26 Å². The van der Waals surface area contributed by atoms with Crippen LogP contribution in [0.4, 0.5) is 0 Å². The molecule has 1 N–H and O–H groups in total. The summed E-state index contributed by atoms with van der Waals surface area (Å²) in [5, 5.41) is 3.72. The first-order valence-electron chi connectivity index (χ1n) is 8.26. The molecule has 2 aliphatic heterocycles. The van der Waals surface area contributed by atoms with Gasteiger partial charge in [0.15, 0.2) is 0 Å². The summed E-state index contributed by atoms with van der Waals surface area (Å²) in [7, 11) is 0. The molecule has 0 spiro atoms. The topological polar surface area (TPSA) is 41.3 Å². The molecule has 0 radical (unpaired) electrons. The van der Waals surface area contributed by atoms with E-state index in [9.17, 15) is 0 Å². The predicted molar refractivity (Wildman–Crippen MR) is 86.5 cm³/mol. The van der Waals surface area contributed by atoms with Crippen LogP contribution in [-0.4, -0.2) is 35.1 Å². The second-order valence-corrected chi connectivity index (χ2v) is 6.67. The van der Waals surface area contributed by atoms with Crippen LogP contribution in [-0.2, 0) is 6.54 Å². The lowest BCUT2D eigenvalue weighted by atomic mass is 10.1. The normalized spacial score (nSPS) is 25.3. The van der Waals surface area contributed by atoms with E-state index in [1.165, 1.54) is 24.8 Å². The number of aryl methyl sites for hydroxylation is 1. The third kappa shape index (κ3) is 2.94. The standard InChI is InChI=1S/C18H23N3O/c1-13-2-4-14(5-3-13)18-20-17(12-22-18)11-21-9-8-15-6-7-16(10-21)19-15/h2-5,12,15-16,19H,6-11H2,1H3. The number of benzene rings is 1. The SMILES string of the molecule is Cc1ccc(-c2nc(CN3CCC4CCC(C3)N4)co2)cc1. The Balaban J connectivity index is 1.44. The van der Waals surface area contributed by atoms with E-state index in [0.29, 0.717) is 6.04 Å². The van der Waals surface area contributed by atoms with Gasteiger partial charge in [-0.25, -0.2) is 4.98 Å². The molecule has 4 heteroatoms. The van der Waals surface area contributed by atoms with Gasteiger partial charge in [0.05, 0.1) is 5.69 Å². The second kappa shape index (κ2) is 5.86. The van der Waals surface area contributed by atoms with Gasteiger partial charge < -0.3 is 9.73 Å². The summed E-state index contributed by atoms with van der Waals surface area (Å²) in [4.78, 5) is 7.18. The number of hydrogen-bond donors (Lipinski definition) is 1. The van der Waals surface area contributed by atoms with Crippen molar-refractivity contribution >= 4 is 0 Å². The lowest BCUT2D eigenvalue weighted by molar-refractivity contribution is 0.248. The average Bonchev–Trinajstić information content (AvgIpc) is 3.09. The number of nitrogens with one attached hydrogen (secondary N) is 1. The van der Waals surface area contributed by atoms with Crippen LogP contribution in [0.25, 0.3) is 11.5 Å². The molecule has 2 saturated heterocycles. The maximum Gasteiger partial charge on any atom is 0.226 e. The molecule has 116 valence electrons. The van der Waals surface area contributed by atoms with Crippen LogP contribution >= 0.6 is 0 Å². The highest BCUT2D eigenvalue weighted by Crippen LogP contribution is 2.23. The van der Waals surface area contributed by atoms with Crippen molar-refractivity contribution in [2.45, 2.75) is 44.8 Å². The number of likely N-dealkylation sites (tertiary alicyclic amines) is 1. The molecule has 0 aliphatic carbocycles. The van der Waals surface area contributed by atoms with Crippen molar-refractivity contribution in [3.05, 3.63) is 41.8 Å². The van der Waals surface area contributed by atoms with Crippen molar-refractivity contribution in [1.82, 2.24) is 15.2 Å². The Bertz CT molecular complexity index is 634. The molecule has 2 aromatic rings. The Hall–Kier alpha value is -1.65. The van der Waals surface area contributed by atoms with Crippen LogP contribution in [0.5, 0.6) is 0 Å². The first-order chi connectivity index (χ1) is 10.8. The van der Waals surface area contributed by atoms with Crippen LogP contribution in [0.3, 0.4) is 0 Å². The number of oxazole rings is 1. The molecule has 0 amide bonds. The average molecular weight is 297 g/mol. The monoisotopic (exact) mass is 297 g/mol. The maximum atomic E-state index is 5.67. The van der Waals surface area contributed by atoms with Gasteiger partial charge in [0.25, 0.3) is 0 Å². The van der Waals surface area contributed by atoms with Crippen LogP contribution in [0.1, 0.15) is 30.5 Å². The summed E-state index contributed by atoms with van der Waals surface area (Å²) in [6, 6.07) is 9.72. The Morgan fingerprint density at radius 3 is 2.86 bits per heavy atom. The molecule has 4 rings (SSSR count). The van der Waals surface area contributed by atoms with Crippen molar-refractivity contribution in [2.75, 3.05) is 13.1 Å². The number of fused-ring (bicyclic) bond motifs is 2. The third-order valence-electron chi connectivity index (χ3n) is 4.84. The van der Waals surface area contributed by atoms with E-state index in [1.54, 1.807) is 0 Å². The molecule has 2 bridgehead atoms. The molecule has 1 aromatic heterocycles. The molecule has 2 fully saturated rings. The first-order valence-corrected chi connectivity index (χ1v) is 8.26. The first kappa shape index (κ1) is 14.0. The molecular weight excluding hydrogens is 274 g/mol. The van der Waals surface area contributed by atoms with Gasteiger partial charge in [-0.05, 0) is 38.3 Å². The highest BCUT2D eigenvalue weighted by Gasteiger charge is 2.29. The predicted octanol–water partition coefficient (Wildman–Crippen LogP) is 2.98. The molecule has 4 nitrogen and oxygen atoms in total. The van der Waals surface area contributed by atoms with Crippen LogP contribution < -0.4 is 5.32 Å². The van der Waals surface area contributed by atoms with E-state index in [4.69, 9.17) is 4.42 Å². The summed E-state index contributed by atoms with van der Waals surface area (Å²) in [5.41, 5.74) is 3.34. The molecule has 1 aromatic carbocycles. The van der Waals surface area contributed by atoms with E-state index < -0.39 is 0 Å². The van der Waals surface area contributed by atoms with Crippen molar-refractivity contribution in [3.63, 3.8) is 0 Å². The fraction of sp³-hybridized carbons (Fsp3) is 0.500. The second-order valence-electron chi connectivity index (χ2n) is 6.67. The summed E-state index contributed by atoms with van der Waals surface area (Å²) >= 11 is 0. The number of aromatic nitrogens is 1. The third-order valence-corrected chi connectivity index (χ3v) is 4.84. The van der Waals surface area contributed by atoms with Gasteiger partial charge in [-0.15, -0.1) is 0 Å². The van der Waals surface area contributed by atoms with Gasteiger partial charge in [0, 0.05) is 37.3 Å². The van der Waals surface area contributed by atoms with Gasteiger partial charge in [-0.1, -0.05) is 17.7 Å². The number of rotatable bonds is 3.